The molecule has 132 valence electrons. The first-order valence-corrected chi connectivity index (χ1v) is 8.53. The lowest BCUT2D eigenvalue weighted by Crippen LogP contribution is -2.36. The number of benzene rings is 2. The molecule has 2 aromatic rings. The highest BCUT2D eigenvalue weighted by atomic mass is 35.5. The maximum absolute atomic E-state index is 11.3. The second kappa shape index (κ2) is 9.40. The van der Waals surface area contributed by atoms with E-state index in [2.05, 4.69) is 35.2 Å². The van der Waals surface area contributed by atoms with Crippen molar-refractivity contribution in [1.29, 1.82) is 0 Å². The number of halogens is 1. The number of nitrogens with zero attached hydrogens (tertiary/aromatic N) is 1. The summed E-state index contributed by atoms with van der Waals surface area (Å²) in [4.78, 5) is 13.4. The van der Waals surface area contributed by atoms with Crippen molar-refractivity contribution in [3.05, 3.63) is 77.9 Å². The van der Waals surface area contributed by atoms with E-state index in [-0.39, 0.29) is 18.4 Å². The van der Waals surface area contributed by atoms with E-state index in [1.807, 2.05) is 36.4 Å². The monoisotopic (exact) mass is 357 g/mol. The average molecular weight is 358 g/mol. The number of hydrogen-bond acceptors (Lipinski definition) is 2. The second-order valence-electron chi connectivity index (χ2n) is 6.17. The molecule has 3 nitrogen and oxygen atoms in total. The van der Waals surface area contributed by atoms with Crippen LogP contribution in [0.25, 0.3) is 5.57 Å². The van der Waals surface area contributed by atoms with Crippen molar-refractivity contribution in [2.75, 3.05) is 13.1 Å². The largest absolute Gasteiger partial charge is 0.480 e. The zero-order chi connectivity index (χ0) is 16.8. The molecule has 0 bridgehead atoms. The highest BCUT2D eigenvalue weighted by Gasteiger charge is 2.29. The minimum absolute atomic E-state index is 0. The summed E-state index contributed by atoms with van der Waals surface area (Å²) < 4.78 is 0. The lowest BCUT2D eigenvalue weighted by Gasteiger charge is -2.20. The minimum Gasteiger partial charge on any atom is -0.480 e. The van der Waals surface area contributed by atoms with Crippen molar-refractivity contribution in [1.82, 2.24) is 4.90 Å². The van der Waals surface area contributed by atoms with Crippen LogP contribution >= 0.6 is 12.4 Å². The van der Waals surface area contributed by atoms with E-state index in [9.17, 15) is 9.90 Å². The van der Waals surface area contributed by atoms with Crippen LogP contribution in [0.3, 0.4) is 0 Å². The molecule has 3 rings (SSSR count). The normalized spacial score (nSPS) is 16.9. The molecule has 1 atom stereocenters. The third kappa shape index (κ3) is 4.94. The average Bonchev–Trinajstić information content (AvgIpc) is 3.09. The van der Waals surface area contributed by atoms with Gasteiger partial charge in [0.05, 0.1) is 0 Å². The van der Waals surface area contributed by atoms with Gasteiger partial charge in [-0.2, -0.15) is 0 Å². The van der Waals surface area contributed by atoms with Crippen molar-refractivity contribution >= 4 is 23.9 Å². The molecule has 1 aliphatic rings. The van der Waals surface area contributed by atoms with E-state index in [0.717, 1.165) is 32.4 Å². The molecule has 0 amide bonds. The van der Waals surface area contributed by atoms with Crippen LogP contribution in [-0.2, 0) is 4.79 Å². The van der Waals surface area contributed by atoms with E-state index in [1.54, 1.807) is 0 Å². The second-order valence-corrected chi connectivity index (χ2v) is 6.17. The van der Waals surface area contributed by atoms with Gasteiger partial charge in [0, 0.05) is 6.54 Å². The van der Waals surface area contributed by atoms with E-state index in [4.69, 9.17) is 0 Å². The lowest BCUT2D eigenvalue weighted by molar-refractivity contribution is -0.142. The molecule has 4 heteroatoms. The zero-order valence-electron chi connectivity index (χ0n) is 14.2. The number of carboxylic acids is 1. The SMILES string of the molecule is Cl.O=C(O)[C@@H]1CCCN1CCC=C(c1ccccc1)c1ccccc1. The molecule has 25 heavy (non-hydrogen) atoms. The van der Waals surface area contributed by atoms with Gasteiger partial charge in [-0.3, -0.25) is 9.69 Å². The molecule has 1 saturated heterocycles. The standard InChI is InChI=1S/C21H23NO2.ClH/c23-21(24)20-14-8-16-22(20)15-7-13-19(17-9-3-1-4-10-17)18-11-5-2-6-12-18;/h1-6,9-13,20H,7-8,14-16H2,(H,23,24);1H/t20-;/m0./s1. The Kier molecular flexibility index (Phi) is 7.23. The fourth-order valence-corrected chi connectivity index (χ4v) is 3.39. The van der Waals surface area contributed by atoms with Gasteiger partial charge >= 0.3 is 5.97 Å². The molecule has 1 aliphatic heterocycles. The third-order valence-electron chi connectivity index (χ3n) is 4.58. The summed E-state index contributed by atoms with van der Waals surface area (Å²) in [6, 6.07) is 20.4. The minimum atomic E-state index is -0.692. The zero-order valence-corrected chi connectivity index (χ0v) is 15.0. The van der Waals surface area contributed by atoms with Crippen LogP contribution in [0.15, 0.2) is 66.7 Å². The molecule has 1 fully saturated rings. The summed E-state index contributed by atoms with van der Waals surface area (Å²) in [6.45, 7) is 1.68. The van der Waals surface area contributed by atoms with E-state index >= 15 is 0 Å². The topological polar surface area (TPSA) is 40.5 Å². The van der Waals surface area contributed by atoms with E-state index in [1.165, 1.54) is 16.7 Å². The predicted molar refractivity (Wildman–Crippen MR) is 104 cm³/mol. The van der Waals surface area contributed by atoms with Crippen molar-refractivity contribution < 1.29 is 9.90 Å². The lowest BCUT2D eigenvalue weighted by atomic mass is 9.97. The van der Waals surface area contributed by atoms with Gasteiger partial charge in [0.1, 0.15) is 6.04 Å². The molecule has 0 unspecified atom stereocenters. The van der Waals surface area contributed by atoms with Crippen LogP contribution in [0.4, 0.5) is 0 Å². The Morgan fingerprint density at radius 1 is 1.04 bits per heavy atom. The van der Waals surface area contributed by atoms with Gasteiger partial charge < -0.3 is 5.11 Å². The van der Waals surface area contributed by atoms with Crippen molar-refractivity contribution in [3.63, 3.8) is 0 Å². The maximum atomic E-state index is 11.3. The quantitative estimate of drug-likeness (QED) is 0.828. The molecular weight excluding hydrogens is 334 g/mol. The number of rotatable bonds is 6. The molecule has 2 aromatic carbocycles. The van der Waals surface area contributed by atoms with Gasteiger partial charge in [0.15, 0.2) is 0 Å². The van der Waals surface area contributed by atoms with E-state index in [0.29, 0.717) is 0 Å². The van der Waals surface area contributed by atoms with Gasteiger partial charge in [-0.05, 0) is 42.5 Å². The molecule has 0 spiro atoms. The Balaban J connectivity index is 0.00000225. The van der Waals surface area contributed by atoms with Crippen LogP contribution < -0.4 is 0 Å². The highest BCUT2D eigenvalue weighted by molar-refractivity contribution is 5.85. The Labute approximate surface area is 155 Å². The molecule has 0 aromatic heterocycles. The summed E-state index contributed by atoms with van der Waals surface area (Å²) in [5.41, 5.74) is 3.60. The molecule has 1 N–H and O–H groups in total. The fraction of sp³-hybridized carbons (Fsp3) is 0.286. The summed E-state index contributed by atoms with van der Waals surface area (Å²) >= 11 is 0. The summed E-state index contributed by atoms with van der Waals surface area (Å²) in [5.74, 6) is -0.692. The molecule has 0 aliphatic carbocycles. The van der Waals surface area contributed by atoms with Crippen LogP contribution in [0.1, 0.15) is 30.4 Å². The Bertz CT molecular complexity index is 659. The number of carbonyl (C=O) groups is 1. The smallest absolute Gasteiger partial charge is 0.320 e. The van der Waals surface area contributed by atoms with Crippen LogP contribution in [0.5, 0.6) is 0 Å². The summed E-state index contributed by atoms with van der Waals surface area (Å²) in [6.07, 6.45) is 4.83. The fourth-order valence-electron chi connectivity index (χ4n) is 3.39. The van der Waals surface area contributed by atoms with Crippen molar-refractivity contribution in [2.24, 2.45) is 0 Å². The van der Waals surface area contributed by atoms with Gasteiger partial charge in [0.25, 0.3) is 0 Å². The van der Waals surface area contributed by atoms with Crippen molar-refractivity contribution in [2.45, 2.75) is 25.3 Å². The Hall–Kier alpha value is -2.10. The van der Waals surface area contributed by atoms with Crippen LogP contribution in [-0.4, -0.2) is 35.1 Å². The number of carboxylic acid groups (broad SMARTS) is 1. The van der Waals surface area contributed by atoms with Crippen LogP contribution in [0.2, 0.25) is 0 Å². The van der Waals surface area contributed by atoms with Gasteiger partial charge in [-0.15, -0.1) is 12.4 Å². The first-order valence-electron chi connectivity index (χ1n) is 8.53. The highest BCUT2D eigenvalue weighted by Crippen LogP contribution is 2.24. The van der Waals surface area contributed by atoms with Gasteiger partial charge in [-0.25, -0.2) is 0 Å². The molecule has 0 saturated carbocycles. The van der Waals surface area contributed by atoms with Crippen LogP contribution in [0, 0.1) is 0 Å². The van der Waals surface area contributed by atoms with Gasteiger partial charge in [0.2, 0.25) is 0 Å². The van der Waals surface area contributed by atoms with Gasteiger partial charge in [-0.1, -0.05) is 66.7 Å². The first-order chi connectivity index (χ1) is 11.8. The first kappa shape index (κ1) is 19.2. The Morgan fingerprint density at radius 2 is 1.60 bits per heavy atom. The predicted octanol–water partition coefficient (Wildman–Crippen LogP) is 4.48. The third-order valence-corrected chi connectivity index (χ3v) is 4.58. The number of aliphatic carboxylic acids is 1. The Morgan fingerprint density at radius 3 is 2.12 bits per heavy atom. The number of hydrogen-bond donors (Lipinski definition) is 1. The summed E-state index contributed by atoms with van der Waals surface area (Å²) in [7, 11) is 0. The summed E-state index contributed by atoms with van der Waals surface area (Å²) in [5, 5.41) is 9.29. The maximum Gasteiger partial charge on any atom is 0.320 e. The molecular formula is C21H24ClNO2. The molecule has 0 radical (unpaired) electrons. The number of likely N-dealkylation sites (tertiary alicyclic amines) is 1. The van der Waals surface area contributed by atoms with E-state index < -0.39 is 5.97 Å². The molecule has 1 heterocycles. The van der Waals surface area contributed by atoms with Crippen molar-refractivity contribution in [3.8, 4) is 0 Å².